The van der Waals surface area contributed by atoms with Gasteiger partial charge in [-0.25, -0.2) is 4.68 Å². The largest absolute Gasteiger partial charge is 0.357 e. The molecule has 0 saturated carbocycles. The van der Waals surface area contributed by atoms with Crippen molar-refractivity contribution in [3.63, 3.8) is 0 Å². The number of guanidine groups is 1. The Kier molecular flexibility index (Phi) is 11.9. The summed E-state index contributed by atoms with van der Waals surface area (Å²) in [5.74, 6) is 2.88. The van der Waals surface area contributed by atoms with Crippen molar-refractivity contribution >= 4 is 41.7 Å². The third-order valence-electron chi connectivity index (χ3n) is 3.50. The monoisotopic (exact) mass is 485 g/mol. The highest BCUT2D eigenvalue weighted by molar-refractivity contribution is 14.0. The second-order valence-corrected chi connectivity index (χ2v) is 6.57. The molecule has 0 aliphatic rings. The van der Waals surface area contributed by atoms with Gasteiger partial charge in [0.25, 0.3) is 0 Å². The van der Waals surface area contributed by atoms with E-state index in [1.807, 2.05) is 34.8 Å². The summed E-state index contributed by atoms with van der Waals surface area (Å²) in [6.45, 7) is 8.34. The van der Waals surface area contributed by atoms with Crippen molar-refractivity contribution in [2.75, 3.05) is 31.1 Å². The van der Waals surface area contributed by atoms with Crippen molar-refractivity contribution in [1.82, 2.24) is 20.4 Å². The molecule has 0 saturated heterocycles. The molecule has 1 aromatic heterocycles. The predicted octanol–water partition coefficient (Wildman–Crippen LogP) is 3.51. The summed E-state index contributed by atoms with van der Waals surface area (Å²) in [5, 5.41) is 10.9. The van der Waals surface area contributed by atoms with Crippen LogP contribution in [0.1, 0.15) is 12.5 Å². The molecule has 2 rings (SSSR count). The highest BCUT2D eigenvalue weighted by Crippen LogP contribution is 2.08. The van der Waals surface area contributed by atoms with Gasteiger partial charge in [-0.2, -0.15) is 16.9 Å². The molecule has 0 bridgehead atoms. The molecule has 26 heavy (non-hydrogen) atoms. The second kappa shape index (κ2) is 13.7. The summed E-state index contributed by atoms with van der Waals surface area (Å²) in [6, 6.07) is 10.4. The fraction of sp³-hybridized carbons (Fsp3) is 0.368. The maximum absolute atomic E-state index is 4.59. The van der Waals surface area contributed by atoms with Crippen LogP contribution >= 0.6 is 35.7 Å². The van der Waals surface area contributed by atoms with Gasteiger partial charge in [-0.3, -0.25) is 4.99 Å². The minimum absolute atomic E-state index is 0. The first kappa shape index (κ1) is 22.6. The Bertz CT molecular complexity index is 640. The van der Waals surface area contributed by atoms with Gasteiger partial charge in [-0.05, 0) is 37.1 Å². The Morgan fingerprint density at radius 1 is 1.31 bits per heavy atom. The fourth-order valence-electron chi connectivity index (χ4n) is 2.29. The first-order valence-electron chi connectivity index (χ1n) is 8.63. The minimum atomic E-state index is 0. The summed E-state index contributed by atoms with van der Waals surface area (Å²) >= 11 is 1.85. The lowest BCUT2D eigenvalue weighted by Crippen LogP contribution is -2.38. The zero-order valence-corrected chi connectivity index (χ0v) is 18.4. The van der Waals surface area contributed by atoms with Crippen LogP contribution in [0.4, 0.5) is 0 Å². The molecule has 142 valence electrons. The number of thioether (sulfide) groups is 1. The highest BCUT2D eigenvalue weighted by atomic mass is 127. The van der Waals surface area contributed by atoms with E-state index in [4.69, 9.17) is 0 Å². The van der Waals surface area contributed by atoms with E-state index in [1.165, 1.54) is 5.56 Å². The molecular formula is C19H28IN5S. The van der Waals surface area contributed by atoms with Gasteiger partial charge in [0.1, 0.15) is 0 Å². The van der Waals surface area contributed by atoms with Crippen molar-refractivity contribution in [2.45, 2.75) is 13.3 Å². The smallest absolute Gasteiger partial charge is 0.191 e. The van der Waals surface area contributed by atoms with Gasteiger partial charge in [0.15, 0.2) is 5.96 Å². The molecule has 0 spiro atoms. The molecule has 5 nitrogen and oxygen atoms in total. The lowest BCUT2D eigenvalue weighted by atomic mass is 10.1. The molecule has 0 amide bonds. The van der Waals surface area contributed by atoms with E-state index >= 15 is 0 Å². The molecule has 0 radical (unpaired) electrons. The average molecular weight is 485 g/mol. The normalized spacial score (nSPS) is 10.9. The zero-order chi connectivity index (χ0) is 17.7. The van der Waals surface area contributed by atoms with Gasteiger partial charge < -0.3 is 10.6 Å². The van der Waals surface area contributed by atoms with E-state index in [-0.39, 0.29) is 24.0 Å². The maximum atomic E-state index is 4.59. The van der Waals surface area contributed by atoms with Crippen LogP contribution in [0.15, 0.2) is 60.4 Å². The standard InChI is InChI=1S/C19H27N5S.HI/c1-3-15-25-16-13-22-19(20-4-2)21-12-10-17-6-8-18(9-7-17)24-14-5-11-23-24;/h3,5-9,11,14H,1,4,10,12-13,15-16H2,2H3,(H2,20,21,22);1H. The van der Waals surface area contributed by atoms with E-state index < -0.39 is 0 Å². The topological polar surface area (TPSA) is 54.2 Å². The molecule has 0 unspecified atom stereocenters. The number of aliphatic imine (C=N–C) groups is 1. The Balaban J connectivity index is 0.00000338. The number of aromatic nitrogens is 2. The number of nitrogens with one attached hydrogen (secondary N) is 2. The molecule has 0 aliphatic heterocycles. The summed E-state index contributed by atoms with van der Waals surface area (Å²) < 4.78 is 1.86. The quantitative estimate of drug-likeness (QED) is 0.178. The number of hydrogen-bond donors (Lipinski definition) is 2. The Morgan fingerprint density at radius 2 is 2.12 bits per heavy atom. The van der Waals surface area contributed by atoms with Crippen molar-refractivity contribution < 1.29 is 0 Å². The minimum Gasteiger partial charge on any atom is -0.357 e. The van der Waals surface area contributed by atoms with E-state index in [2.05, 4.69) is 58.5 Å². The SMILES string of the molecule is C=CCSCCN=C(NCC)NCCc1ccc(-n2cccn2)cc1.I. The van der Waals surface area contributed by atoms with E-state index in [1.54, 1.807) is 6.20 Å². The number of nitrogens with zero attached hydrogens (tertiary/aromatic N) is 3. The van der Waals surface area contributed by atoms with Crippen LogP contribution in [0, 0.1) is 0 Å². The number of hydrogen-bond acceptors (Lipinski definition) is 3. The van der Waals surface area contributed by atoms with Crippen molar-refractivity contribution in [3.05, 3.63) is 60.9 Å². The van der Waals surface area contributed by atoms with Crippen molar-refractivity contribution in [2.24, 2.45) is 4.99 Å². The molecule has 0 aliphatic carbocycles. The first-order valence-corrected chi connectivity index (χ1v) is 9.78. The van der Waals surface area contributed by atoms with Crippen LogP contribution in [-0.4, -0.2) is 46.9 Å². The van der Waals surface area contributed by atoms with Crippen molar-refractivity contribution in [1.29, 1.82) is 0 Å². The lowest BCUT2D eigenvalue weighted by molar-refractivity contribution is 0.803. The molecule has 2 aromatic rings. The third-order valence-corrected chi connectivity index (χ3v) is 4.44. The first-order chi connectivity index (χ1) is 12.3. The summed E-state index contributed by atoms with van der Waals surface area (Å²) in [6.07, 6.45) is 6.61. The summed E-state index contributed by atoms with van der Waals surface area (Å²) in [4.78, 5) is 4.59. The third kappa shape index (κ3) is 8.27. The molecule has 2 N–H and O–H groups in total. The predicted molar refractivity (Wildman–Crippen MR) is 124 cm³/mol. The van der Waals surface area contributed by atoms with E-state index in [0.29, 0.717) is 0 Å². The van der Waals surface area contributed by atoms with Crippen LogP contribution in [0.3, 0.4) is 0 Å². The molecule has 1 heterocycles. The van der Waals surface area contributed by atoms with Gasteiger partial charge in [-0.1, -0.05) is 18.2 Å². The van der Waals surface area contributed by atoms with Gasteiger partial charge in [0, 0.05) is 37.0 Å². The maximum Gasteiger partial charge on any atom is 0.191 e. The van der Waals surface area contributed by atoms with Crippen LogP contribution in [-0.2, 0) is 6.42 Å². The molecule has 1 aromatic carbocycles. The van der Waals surface area contributed by atoms with Crippen LogP contribution in [0.25, 0.3) is 5.69 Å². The Morgan fingerprint density at radius 3 is 2.77 bits per heavy atom. The lowest BCUT2D eigenvalue weighted by Gasteiger charge is -2.11. The Labute approximate surface area is 177 Å². The Hall–Kier alpha value is -1.48. The number of rotatable bonds is 10. The molecular weight excluding hydrogens is 457 g/mol. The highest BCUT2D eigenvalue weighted by Gasteiger charge is 1.99. The zero-order valence-electron chi connectivity index (χ0n) is 15.2. The summed E-state index contributed by atoms with van der Waals surface area (Å²) in [7, 11) is 0. The van der Waals surface area contributed by atoms with Gasteiger partial charge >= 0.3 is 0 Å². The summed E-state index contributed by atoms with van der Waals surface area (Å²) in [5.41, 5.74) is 2.37. The second-order valence-electron chi connectivity index (χ2n) is 5.42. The number of benzene rings is 1. The van der Waals surface area contributed by atoms with E-state index in [9.17, 15) is 0 Å². The van der Waals surface area contributed by atoms with Gasteiger partial charge in [-0.15, -0.1) is 30.6 Å². The van der Waals surface area contributed by atoms with Gasteiger partial charge in [0.05, 0.1) is 12.2 Å². The van der Waals surface area contributed by atoms with Gasteiger partial charge in [0.2, 0.25) is 0 Å². The van der Waals surface area contributed by atoms with Crippen LogP contribution < -0.4 is 10.6 Å². The van der Waals surface area contributed by atoms with E-state index in [0.717, 1.165) is 49.2 Å². The number of halogens is 1. The van der Waals surface area contributed by atoms with Crippen LogP contribution in [0.5, 0.6) is 0 Å². The van der Waals surface area contributed by atoms with Crippen molar-refractivity contribution in [3.8, 4) is 5.69 Å². The molecule has 7 heteroatoms. The average Bonchev–Trinajstić information content (AvgIpc) is 3.17. The molecule has 0 fully saturated rings. The van der Waals surface area contributed by atoms with Crippen LogP contribution in [0.2, 0.25) is 0 Å². The molecule has 0 atom stereocenters. The fourth-order valence-corrected chi connectivity index (χ4v) is 2.85.